The fraction of sp³-hybridized carbons (Fsp3) is 0.615. The van der Waals surface area contributed by atoms with Gasteiger partial charge in [-0.3, -0.25) is 9.48 Å². The van der Waals surface area contributed by atoms with Gasteiger partial charge in [0.25, 0.3) is 0 Å². The summed E-state index contributed by atoms with van der Waals surface area (Å²) in [7, 11) is 3.76. The van der Waals surface area contributed by atoms with E-state index in [1.807, 2.05) is 34.9 Å². The van der Waals surface area contributed by atoms with E-state index in [-0.39, 0.29) is 24.6 Å². The number of rotatable bonds is 8. The van der Waals surface area contributed by atoms with Crippen LogP contribution in [0.3, 0.4) is 0 Å². The molecule has 5 rings (SSSR count). The molecule has 1 aliphatic carbocycles. The van der Waals surface area contributed by atoms with Crippen LogP contribution >= 0.6 is 0 Å². The molecule has 2 N–H and O–H groups in total. The van der Waals surface area contributed by atoms with Crippen LogP contribution < -0.4 is 5.32 Å². The number of piperazine rings is 1. The second-order valence-electron chi connectivity index (χ2n) is 10.5. The van der Waals surface area contributed by atoms with Crippen LogP contribution in [0.15, 0.2) is 24.7 Å². The molecule has 1 atom stereocenters. The van der Waals surface area contributed by atoms with Crippen LogP contribution in [0.4, 0.5) is 5.95 Å². The molecular weight excluding hydrogens is 472 g/mol. The largest absolute Gasteiger partial charge is 0.393 e. The lowest BCUT2D eigenvalue weighted by molar-refractivity contribution is -0.133. The first kappa shape index (κ1) is 25.6. The number of likely N-dealkylation sites (N-methyl/N-ethyl adjacent to an activating group) is 1. The maximum Gasteiger partial charge on any atom is 0.244 e. The zero-order valence-corrected chi connectivity index (χ0v) is 22.0. The van der Waals surface area contributed by atoms with Crippen molar-refractivity contribution in [1.82, 2.24) is 34.2 Å². The van der Waals surface area contributed by atoms with E-state index in [0.717, 1.165) is 74.2 Å². The number of carbonyl (C=O) groups excluding carboxylic acids is 1. The lowest BCUT2D eigenvalue weighted by atomic mass is 9.85. The van der Waals surface area contributed by atoms with Gasteiger partial charge in [0.2, 0.25) is 11.9 Å². The zero-order chi connectivity index (χ0) is 25.9. The van der Waals surface area contributed by atoms with Crippen LogP contribution in [0.25, 0.3) is 16.6 Å². The van der Waals surface area contributed by atoms with Crippen molar-refractivity contribution in [3.05, 3.63) is 30.4 Å². The van der Waals surface area contributed by atoms with E-state index in [0.29, 0.717) is 18.5 Å². The van der Waals surface area contributed by atoms with Crippen molar-refractivity contribution >= 4 is 17.4 Å². The molecule has 0 spiro atoms. The molecule has 200 valence electrons. The summed E-state index contributed by atoms with van der Waals surface area (Å²) in [5.41, 5.74) is 3.94. The van der Waals surface area contributed by atoms with Gasteiger partial charge in [0.15, 0.2) is 0 Å². The second kappa shape index (κ2) is 11.2. The Kier molecular flexibility index (Phi) is 7.73. The molecular formula is C26H38N8O3. The molecule has 3 aromatic rings. The van der Waals surface area contributed by atoms with Crippen molar-refractivity contribution in [2.75, 3.05) is 52.3 Å². The van der Waals surface area contributed by atoms with E-state index >= 15 is 0 Å². The summed E-state index contributed by atoms with van der Waals surface area (Å²) >= 11 is 0. The van der Waals surface area contributed by atoms with Gasteiger partial charge in [0, 0.05) is 68.3 Å². The lowest BCUT2D eigenvalue weighted by Crippen LogP contribution is -2.48. The van der Waals surface area contributed by atoms with Gasteiger partial charge in [0.05, 0.1) is 30.6 Å². The molecule has 3 aromatic heterocycles. The summed E-state index contributed by atoms with van der Waals surface area (Å²) in [6.07, 6.45) is 8.79. The first-order valence-corrected chi connectivity index (χ1v) is 13.2. The van der Waals surface area contributed by atoms with Gasteiger partial charge in [-0.2, -0.15) is 5.10 Å². The third kappa shape index (κ3) is 5.78. The second-order valence-corrected chi connectivity index (χ2v) is 10.5. The molecule has 11 heteroatoms. The fourth-order valence-corrected chi connectivity index (χ4v) is 5.37. The van der Waals surface area contributed by atoms with E-state index in [1.165, 1.54) is 0 Å². The summed E-state index contributed by atoms with van der Waals surface area (Å²) < 4.78 is 8.95. The van der Waals surface area contributed by atoms with Gasteiger partial charge in [-0.05, 0) is 45.7 Å². The average Bonchev–Trinajstić information content (AvgIpc) is 3.49. The SMILES string of the molecule is COC[C@H](C)Nc1ncc2c(-c3cnn(CC(=O)N4CCN(C)CC4)c3)cc([C@H]3CC[C@H](O)CC3)n2n1. The van der Waals surface area contributed by atoms with Crippen molar-refractivity contribution in [3.8, 4) is 11.1 Å². The van der Waals surface area contributed by atoms with Gasteiger partial charge in [-0.25, -0.2) is 9.50 Å². The Bertz CT molecular complexity index is 1210. The fourth-order valence-electron chi connectivity index (χ4n) is 5.37. The summed E-state index contributed by atoms with van der Waals surface area (Å²) in [4.78, 5) is 21.6. The van der Waals surface area contributed by atoms with Gasteiger partial charge >= 0.3 is 0 Å². The molecule has 1 aliphatic heterocycles. The molecule has 1 amide bonds. The molecule has 1 saturated carbocycles. The average molecular weight is 511 g/mol. The first-order valence-electron chi connectivity index (χ1n) is 13.2. The van der Waals surface area contributed by atoms with Crippen molar-refractivity contribution in [1.29, 1.82) is 0 Å². The Morgan fingerprint density at radius 1 is 1.19 bits per heavy atom. The Hall–Kier alpha value is -3.02. The van der Waals surface area contributed by atoms with Crippen LogP contribution in [0.5, 0.6) is 0 Å². The van der Waals surface area contributed by atoms with Gasteiger partial charge in [-0.15, -0.1) is 5.10 Å². The standard InChI is InChI=1S/C26H38N8O3/c1-18(17-37-3)29-26-27-14-24-22(12-23(34(24)30-26)19-4-6-21(35)7-5-19)20-13-28-33(15-20)16-25(36)32-10-8-31(2)9-11-32/h12-15,18-19,21,35H,4-11,16-17H2,1-3H3,(H,29,30)/t18-,19-,21-/m0/s1. The summed E-state index contributed by atoms with van der Waals surface area (Å²) in [6.45, 7) is 6.11. The van der Waals surface area contributed by atoms with Crippen LogP contribution in [0, 0.1) is 0 Å². The number of hydrogen-bond acceptors (Lipinski definition) is 8. The normalized spacial score (nSPS) is 21.9. The van der Waals surface area contributed by atoms with E-state index in [4.69, 9.17) is 9.84 Å². The van der Waals surface area contributed by atoms with Crippen molar-refractivity contribution < 1.29 is 14.6 Å². The summed E-state index contributed by atoms with van der Waals surface area (Å²) in [5, 5.41) is 22.7. The Morgan fingerprint density at radius 2 is 1.95 bits per heavy atom. The lowest BCUT2D eigenvalue weighted by Gasteiger charge is -2.32. The zero-order valence-electron chi connectivity index (χ0n) is 22.0. The number of hydrogen-bond donors (Lipinski definition) is 2. The number of ether oxygens (including phenoxy) is 1. The summed E-state index contributed by atoms with van der Waals surface area (Å²) in [6, 6.07) is 2.25. The highest BCUT2D eigenvalue weighted by Gasteiger charge is 2.26. The molecule has 4 heterocycles. The van der Waals surface area contributed by atoms with E-state index in [1.54, 1.807) is 11.8 Å². The number of carbonyl (C=O) groups is 1. The number of methoxy groups -OCH3 is 1. The van der Waals surface area contributed by atoms with E-state index in [9.17, 15) is 9.90 Å². The minimum absolute atomic E-state index is 0.0711. The molecule has 0 radical (unpaired) electrons. The molecule has 11 nitrogen and oxygen atoms in total. The van der Waals surface area contributed by atoms with Crippen LogP contribution in [0.2, 0.25) is 0 Å². The monoisotopic (exact) mass is 510 g/mol. The third-order valence-corrected chi connectivity index (χ3v) is 7.55. The van der Waals surface area contributed by atoms with Crippen molar-refractivity contribution in [2.45, 2.75) is 57.2 Å². The number of nitrogens with one attached hydrogen (secondary N) is 1. The Balaban J connectivity index is 1.42. The predicted octanol–water partition coefficient (Wildman–Crippen LogP) is 1.83. The Morgan fingerprint density at radius 3 is 2.68 bits per heavy atom. The number of aromatic nitrogens is 5. The van der Waals surface area contributed by atoms with Gasteiger partial charge < -0.3 is 25.0 Å². The number of fused-ring (bicyclic) bond motifs is 1. The maximum atomic E-state index is 12.8. The maximum absolute atomic E-state index is 12.8. The number of nitrogens with zero attached hydrogens (tertiary/aromatic N) is 7. The van der Waals surface area contributed by atoms with E-state index in [2.05, 4.69) is 33.4 Å². The number of aliphatic hydroxyl groups is 1. The first-order chi connectivity index (χ1) is 17.9. The number of amides is 1. The van der Waals surface area contributed by atoms with Crippen LogP contribution in [0.1, 0.15) is 44.2 Å². The molecule has 37 heavy (non-hydrogen) atoms. The van der Waals surface area contributed by atoms with Gasteiger partial charge in [0.1, 0.15) is 6.54 Å². The quantitative estimate of drug-likeness (QED) is 0.472. The molecule has 0 unspecified atom stereocenters. The van der Waals surface area contributed by atoms with Crippen molar-refractivity contribution in [2.24, 2.45) is 0 Å². The smallest absolute Gasteiger partial charge is 0.244 e. The molecule has 0 aromatic carbocycles. The highest BCUT2D eigenvalue weighted by molar-refractivity contribution is 5.81. The molecule has 2 fully saturated rings. The van der Waals surface area contributed by atoms with E-state index < -0.39 is 0 Å². The Labute approximate surface area is 217 Å². The topological polar surface area (TPSA) is 113 Å². The molecule has 1 saturated heterocycles. The predicted molar refractivity (Wildman–Crippen MR) is 140 cm³/mol. The highest BCUT2D eigenvalue weighted by atomic mass is 16.5. The van der Waals surface area contributed by atoms with Crippen LogP contribution in [-0.2, 0) is 16.1 Å². The highest BCUT2D eigenvalue weighted by Crippen LogP contribution is 2.37. The van der Waals surface area contributed by atoms with Gasteiger partial charge in [-0.1, -0.05) is 0 Å². The summed E-state index contributed by atoms with van der Waals surface area (Å²) in [5.74, 6) is 0.942. The van der Waals surface area contributed by atoms with Crippen molar-refractivity contribution in [3.63, 3.8) is 0 Å². The minimum Gasteiger partial charge on any atom is -0.393 e. The minimum atomic E-state index is -0.222. The van der Waals surface area contributed by atoms with Crippen LogP contribution in [-0.4, -0.2) is 104 Å². The number of aliphatic hydroxyl groups excluding tert-OH is 1. The number of anilines is 1. The molecule has 2 aliphatic rings. The third-order valence-electron chi connectivity index (χ3n) is 7.55. The molecule has 0 bridgehead atoms.